The summed E-state index contributed by atoms with van der Waals surface area (Å²) in [5.74, 6) is -0.219. The lowest BCUT2D eigenvalue weighted by molar-refractivity contribution is -0.112. The molecule has 1 amide bonds. The summed E-state index contributed by atoms with van der Waals surface area (Å²) in [7, 11) is 0. The third-order valence-electron chi connectivity index (χ3n) is 2.23. The van der Waals surface area contributed by atoms with E-state index >= 15 is 0 Å². The Labute approximate surface area is 81.3 Å². The summed E-state index contributed by atoms with van der Waals surface area (Å²) in [6.45, 7) is 3.63. The zero-order valence-corrected chi connectivity index (χ0v) is 7.60. The van der Waals surface area contributed by atoms with Crippen molar-refractivity contribution in [1.82, 2.24) is 0 Å². The first-order valence-electron chi connectivity index (χ1n) is 4.34. The second-order valence-corrected chi connectivity index (χ2v) is 3.14. The van der Waals surface area contributed by atoms with E-state index in [1.807, 2.05) is 12.1 Å². The molecule has 3 nitrogen and oxygen atoms in total. The van der Waals surface area contributed by atoms with Crippen molar-refractivity contribution in [2.75, 3.05) is 0 Å². The molecule has 2 N–H and O–H groups in total. The van der Waals surface area contributed by atoms with Crippen LogP contribution in [0.1, 0.15) is 11.6 Å². The molecule has 14 heavy (non-hydrogen) atoms. The first kappa shape index (κ1) is 8.84. The lowest BCUT2D eigenvalue weighted by atomic mass is 10.0. The highest BCUT2D eigenvalue weighted by Gasteiger charge is 2.09. The minimum Gasteiger partial charge on any atom is -0.321 e. The van der Waals surface area contributed by atoms with Crippen molar-refractivity contribution in [2.45, 2.75) is 6.04 Å². The van der Waals surface area contributed by atoms with Gasteiger partial charge in [0, 0.05) is 17.3 Å². The first-order valence-corrected chi connectivity index (χ1v) is 4.34. The van der Waals surface area contributed by atoms with Gasteiger partial charge in [-0.1, -0.05) is 18.2 Å². The molecule has 0 aromatic heterocycles. The number of fused-ring (bicyclic) bond motifs is 1. The van der Waals surface area contributed by atoms with E-state index < -0.39 is 0 Å². The van der Waals surface area contributed by atoms with E-state index in [0.717, 1.165) is 10.8 Å². The van der Waals surface area contributed by atoms with Crippen LogP contribution < -0.4 is 16.3 Å². The number of nitrogens with two attached hydrogens (primary N) is 1. The monoisotopic (exact) mass is 186 g/mol. The summed E-state index contributed by atoms with van der Waals surface area (Å²) < 4.78 is 0. The molecule has 0 radical (unpaired) electrons. The van der Waals surface area contributed by atoms with Gasteiger partial charge in [0.25, 0.3) is 5.91 Å². The van der Waals surface area contributed by atoms with Crippen LogP contribution in [0, 0.1) is 0 Å². The molecule has 1 heterocycles. The predicted molar refractivity (Wildman–Crippen MR) is 53.8 cm³/mol. The molecule has 3 heteroatoms. The molecule has 0 fully saturated rings. The maximum atomic E-state index is 11.1. The van der Waals surface area contributed by atoms with E-state index in [2.05, 4.69) is 11.6 Å². The second kappa shape index (κ2) is 3.20. The minimum atomic E-state index is -0.248. The van der Waals surface area contributed by atoms with Crippen LogP contribution in [0.5, 0.6) is 0 Å². The van der Waals surface area contributed by atoms with Crippen molar-refractivity contribution in [1.29, 1.82) is 0 Å². The number of benzene rings is 1. The van der Waals surface area contributed by atoms with Gasteiger partial charge in [-0.25, -0.2) is 4.99 Å². The summed E-state index contributed by atoms with van der Waals surface area (Å²) in [5, 5.41) is 1.52. The third-order valence-corrected chi connectivity index (χ3v) is 2.23. The third kappa shape index (κ3) is 1.28. The molecule has 0 spiro atoms. The van der Waals surface area contributed by atoms with Gasteiger partial charge in [0.1, 0.15) is 0 Å². The highest BCUT2D eigenvalue weighted by Crippen LogP contribution is 2.04. The zero-order valence-electron chi connectivity index (χ0n) is 7.60. The zero-order chi connectivity index (χ0) is 10.1. The lowest BCUT2D eigenvalue weighted by Gasteiger charge is -2.05. The lowest BCUT2D eigenvalue weighted by Crippen LogP contribution is -2.29. The van der Waals surface area contributed by atoms with Gasteiger partial charge in [0.2, 0.25) is 0 Å². The van der Waals surface area contributed by atoms with E-state index in [1.54, 1.807) is 12.1 Å². The number of hydrogen-bond donors (Lipinski definition) is 1. The molecular formula is C11H10N2O. The molecular weight excluding hydrogens is 176 g/mol. The molecule has 1 atom stereocenters. The number of carbonyl (C=O) groups is 1. The Morgan fingerprint density at radius 3 is 3.00 bits per heavy atom. The molecule has 1 aromatic rings. The highest BCUT2D eigenvalue weighted by atomic mass is 16.1. The molecule has 0 saturated carbocycles. The van der Waals surface area contributed by atoms with Crippen molar-refractivity contribution < 1.29 is 4.79 Å². The van der Waals surface area contributed by atoms with Gasteiger partial charge in [-0.15, -0.1) is 6.58 Å². The first-order chi connectivity index (χ1) is 6.72. The fraction of sp³-hybridized carbons (Fsp3) is 0.0909. The van der Waals surface area contributed by atoms with Crippen LogP contribution in [0.25, 0.3) is 6.08 Å². The normalized spacial score (nSPS) is 15.4. The number of carbonyl (C=O) groups excluding carboxylic acids is 1. The van der Waals surface area contributed by atoms with Gasteiger partial charge >= 0.3 is 0 Å². The second-order valence-electron chi connectivity index (χ2n) is 3.14. The Hall–Kier alpha value is -1.74. The topological polar surface area (TPSA) is 55.5 Å². The van der Waals surface area contributed by atoms with Crippen LogP contribution in [0.3, 0.4) is 0 Å². The maximum absolute atomic E-state index is 11.1. The van der Waals surface area contributed by atoms with Crippen LogP contribution in [-0.2, 0) is 4.79 Å². The van der Waals surface area contributed by atoms with Gasteiger partial charge in [0.05, 0.1) is 5.36 Å². The molecule has 0 bridgehead atoms. The van der Waals surface area contributed by atoms with Gasteiger partial charge in [-0.2, -0.15) is 0 Å². The summed E-state index contributed by atoms with van der Waals surface area (Å²) >= 11 is 0. The van der Waals surface area contributed by atoms with Crippen LogP contribution in [0.2, 0.25) is 0 Å². The van der Waals surface area contributed by atoms with E-state index in [0.29, 0.717) is 5.36 Å². The fourth-order valence-electron chi connectivity index (χ4n) is 1.52. The fourth-order valence-corrected chi connectivity index (χ4v) is 1.52. The van der Waals surface area contributed by atoms with Crippen LogP contribution in [-0.4, -0.2) is 5.91 Å². The van der Waals surface area contributed by atoms with E-state index in [-0.39, 0.29) is 11.9 Å². The van der Waals surface area contributed by atoms with Crippen molar-refractivity contribution in [2.24, 2.45) is 10.7 Å². The average molecular weight is 186 g/mol. The average Bonchev–Trinajstić information content (AvgIpc) is 2.56. The minimum absolute atomic E-state index is 0.219. The number of rotatable bonds is 2. The molecule has 70 valence electrons. The van der Waals surface area contributed by atoms with E-state index in [4.69, 9.17) is 5.73 Å². The van der Waals surface area contributed by atoms with Gasteiger partial charge in [-0.05, 0) is 11.6 Å². The van der Waals surface area contributed by atoms with Gasteiger partial charge in [0.15, 0.2) is 0 Å². The standard InChI is InChI=1S/C11H10N2O/c1-2-9(12)7-4-3-5-10-8(7)6-11(14)13-10/h2-6,9H,1,12H2. The highest BCUT2D eigenvalue weighted by molar-refractivity contribution is 6.06. The molecule has 1 unspecified atom stereocenters. The van der Waals surface area contributed by atoms with Crippen molar-refractivity contribution in [3.63, 3.8) is 0 Å². The Morgan fingerprint density at radius 2 is 2.29 bits per heavy atom. The molecule has 2 rings (SSSR count). The van der Waals surface area contributed by atoms with Gasteiger partial charge < -0.3 is 5.73 Å². The Bertz CT molecular complexity index is 517. The van der Waals surface area contributed by atoms with Crippen LogP contribution in [0.15, 0.2) is 35.8 Å². The summed E-state index contributed by atoms with van der Waals surface area (Å²) in [4.78, 5) is 14.9. The Morgan fingerprint density at radius 1 is 1.50 bits per heavy atom. The smallest absolute Gasteiger partial charge is 0.270 e. The summed E-state index contributed by atoms with van der Waals surface area (Å²) in [6, 6.07) is 5.28. The number of nitrogens with zero attached hydrogens (tertiary/aromatic N) is 1. The number of amides is 1. The van der Waals surface area contributed by atoms with E-state index in [1.165, 1.54) is 6.08 Å². The van der Waals surface area contributed by atoms with Crippen molar-refractivity contribution in [3.8, 4) is 0 Å². The maximum Gasteiger partial charge on any atom is 0.270 e. The summed E-state index contributed by atoms with van der Waals surface area (Å²) in [5.41, 5.74) is 6.72. The largest absolute Gasteiger partial charge is 0.321 e. The molecule has 0 aliphatic carbocycles. The van der Waals surface area contributed by atoms with Crippen LogP contribution in [0.4, 0.5) is 0 Å². The Balaban J connectivity index is 2.74. The quantitative estimate of drug-likeness (QED) is 0.651. The summed E-state index contributed by atoms with van der Waals surface area (Å²) in [6.07, 6.45) is 3.15. The molecule has 1 aromatic carbocycles. The van der Waals surface area contributed by atoms with Crippen molar-refractivity contribution in [3.05, 3.63) is 47.0 Å². The van der Waals surface area contributed by atoms with Crippen LogP contribution >= 0.6 is 0 Å². The van der Waals surface area contributed by atoms with Crippen molar-refractivity contribution >= 4 is 12.0 Å². The predicted octanol–water partition coefficient (Wildman–Crippen LogP) is -0.187. The van der Waals surface area contributed by atoms with E-state index in [9.17, 15) is 4.79 Å². The Kier molecular flexibility index (Phi) is 2.02. The number of hydrogen-bond acceptors (Lipinski definition) is 2. The molecule has 0 saturated heterocycles. The SMILES string of the molecule is C=CC(N)c1cccc2c1=CC(=O)N=2. The van der Waals surface area contributed by atoms with Gasteiger partial charge in [-0.3, -0.25) is 4.79 Å². The molecule has 1 aliphatic heterocycles. The molecule has 1 aliphatic rings.